The molecule has 0 aromatic heterocycles. The molecule has 1 atom stereocenters. The largest absolute Gasteiger partial charge is 0.395 e. The van der Waals surface area contributed by atoms with E-state index in [1.54, 1.807) is 19.1 Å². The Morgan fingerprint density at radius 1 is 1.29 bits per heavy atom. The SMILES string of the molecule is CC(O)c1c(F)cccc1N(CCO)C(C)C. The number of hydrogen-bond donors (Lipinski definition) is 2. The highest BCUT2D eigenvalue weighted by atomic mass is 19.1. The third-order valence-electron chi connectivity index (χ3n) is 2.72. The van der Waals surface area contributed by atoms with E-state index < -0.39 is 11.9 Å². The van der Waals surface area contributed by atoms with Crippen molar-refractivity contribution in [3.8, 4) is 0 Å². The minimum absolute atomic E-state index is 0.00601. The molecule has 0 aliphatic carbocycles. The van der Waals surface area contributed by atoms with E-state index in [1.165, 1.54) is 6.07 Å². The van der Waals surface area contributed by atoms with Gasteiger partial charge >= 0.3 is 0 Å². The molecule has 0 saturated heterocycles. The molecule has 3 nitrogen and oxygen atoms in total. The van der Waals surface area contributed by atoms with Crippen LogP contribution in [0.4, 0.5) is 10.1 Å². The summed E-state index contributed by atoms with van der Waals surface area (Å²) in [5, 5.41) is 18.7. The Labute approximate surface area is 101 Å². The summed E-state index contributed by atoms with van der Waals surface area (Å²) < 4.78 is 13.7. The van der Waals surface area contributed by atoms with Gasteiger partial charge < -0.3 is 15.1 Å². The molecule has 0 radical (unpaired) electrons. The molecule has 96 valence electrons. The van der Waals surface area contributed by atoms with Crippen LogP contribution in [-0.2, 0) is 0 Å². The van der Waals surface area contributed by atoms with Crippen LogP contribution in [0.1, 0.15) is 32.4 Å². The van der Waals surface area contributed by atoms with Crippen molar-refractivity contribution in [2.45, 2.75) is 32.9 Å². The van der Waals surface area contributed by atoms with Crippen LogP contribution in [0.3, 0.4) is 0 Å². The van der Waals surface area contributed by atoms with Gasteiger partial charge in [0.2, 0.25) is 0 Å². The monoisotopic (exact) mass is 241 g/mol. The Hall–Kier alpha value is -1.13. The third kappa shape index (κ3) is 3.17. The molecule has 1 unspecified atom stereocenters. The van der Waals surface area contributed by atoms with Gasteiger partial charge in [0.1, 0.15) is 5.82 Å². The van der Waals surface area contributed by atoms with E-state index in [1.807, 2.05) is 18.7 Å². The van der Waals surface area contributed by atoms with Gasteiger partial charge in [0.25, 0.3) is 0 Å². The van der Waals surface area contributed by atoms with Gasteiger partial charge in [-0.2, -0.15) is 0 Å². The van der Waals surface area contributed by atoms with E-state index in [-0.39, 0.29) is 18.2 Å². The minimum Gasteiger partial charge on any atom is -0.395 e. The highest BCUT2D eigenvalue weighted by Crippen LogP contribution is 2.29. The van der Waals surface area contributed by atoms with Crippen LogP contribution < -0.4 is 4.90 Å². The van der Waals surface area contributed by atoms with E-state index in [2.05, 4.69) is 0 Å². The van der Waals surface area contributed by atoms with Crippen molar-refractivity contribution in [1.82, 2.24) is 0 Å². The van der Waals surface area contributed by atoms with Crippen molar-refractivity contribution in [2.75, 3.05) is 18.1 Å². The topological polar surface area (TPSA) is 43.7 Å². The zero-order chi connectivity index (χ0) is 13.0. The van der Waals surface area contributed by atoms with Crippen molar-refractivity contribution >= 4 is 5.69 Å². The summed E-state index contributed by atoms with van der Waals surface area (Å²) in [6.45, 7) is 5.88. The average molecular weight is 241 g/mol. The van der Waals surface area contributed by atoms with Crippen molar-refractivity contribution < 1.29 is 14.6 Å². The highest BCUT2D eigenvalue weighted by molar-refractivity contribution is 5.55. The lowest BCUT2D eigenvalue weighted by molar-refractivity contribution is 0.194. The first-order chi connectivity index (χ1) is 7.99. The molecule has 1 aromatic carbocycles. The number of nitrogens with zero attached hydrogens (tertiary/aromatic N) is 1. The molecule has 0 heterocycles. The first-order valence-corrected chi connectivity index (χ1v) is 5.83. The average Bonchev–Trinajstić information content (AvgIpc) is 2.24. The van der Waals surface area contributed by atoms with Crippen molar-refractivity contribution in [3.05, 3.63) is 29.6 Å². The highest BCUT2D eigenvalue weighted by Gasteiger charge is 2.19. The quantitative estimate of drug-likeness (QED) is 0.829. The third-order valence-corrected chi connectivity index (χ3v) is 2.72. The summed E-state index contributed by atoms with van der Waals surface area (Å²) in [7, 11) is 0. The zero-order valence-electron chi connectivity index (χ0n) is 10.5. The molecule has 4 heteroatoms. The lowest BCUT2D eigenvalue weighted by atomic mass is 10.1. The number of rotatable bonds is 5. The summed E-state index contributed by atoms with van der Waals surface area (Å²) in [4.78, 5) is 1.88. The van der Waals surface area contributed by atoms with Crippen LogP contribution in [0.25, 0.3) is 0 Å². The fraction of sp³-hybridized carbons (Fsp3) is 0.538. The van der Waals surface area contributed by atoms with Crippen molar-refractivity contribution in [1.29, 1.82) is 0 Å². The molecule has 0 bridgehead atoms. The van der Waals surface area contributed by atoms with Crippen molar-refractivity contribution in [2.24, 2.45) is 0 Å². The number of halogens is 1. The Balaban J connectivity index is 3.22. The zero-order valence-corrected chi connectivity index (χ0v) is 10.5. The Kier molecular flexibility index (Phi) is 4.90. The van der Waals surface area contributed by atoms with Gasteiger partial charge in [0, 0.05) is 23.8 Å². The van der Waals surface area contributed by atoms with E-state index in [0.717, 1.165) is 0 Å². The van der Waals surface area contributed by atoms with E-state index in [9.17, 15) is 9.50 Å². The molecule has 17 heavy (non-hydrogen) atoms. The Morgan fingerprint density at radius 3 is 2.41 bits per heavy atom. The summed E-state index contributed by atoms with van der Waals surface area (Å²) in [6, 6.07) is 4.84. The first-order valence-electron chi connectivity index (χ1n) is 5.83. The summed E-state index contributed by atoms with van der Waals surface area (Å²) >= 11 is 0. The Bertz CT molecular complexity index is 366. The molecule has 0 aliphatic heterocycles. The molecule has 0 saturated carbocycles. The maximum absolute atomic E-state index is 13.7. The van der Waals surface area contributed by atoms with Crippen LogP contribution in [-0.4, -0.2) is 29.4 Å². The van der Waals surface area contributed by atoms with Crippen molar-refractivity contribution in [3.63, 3.8) is 0 Å². The normalized spacial score (nSPS) is 12.9. The summed E-state index contributed by atoms with van der Waals surface area (Å²) in [6.07, 6.45) is -0.869. The molecule has 1 aromatic rings. The second-order valence-corrected chi connectivity index (χ2v) is 4.36. The number of benzene rings is 1. The van der Waals surface area contributed by atoms with Gasteiger partial charge in [-0.3, -0.25) is 0 Å². The molecule has 0 spiro atoms. The van der Waals surface area contributed by atoms with Crippen LogP contribution in [0.5, 0.6) is 0 Å². The lowest BCUT2D eigenvalue weighted by Crippen LogP contribution is -2.34. The fourth-order valence-corrected chi connectivity index (χ4v) is 1.95. The molecule has 2 N–H and O–H groups in total. The second-order valence-electron chi connectivity index (χ2n) is 4.36. The summed E-state index contributed by atoms with van der Waals surface area (Å²) in [5.41, 5.74) is 0.929. The van der Waals surface area contributed by atoms with E-state index >= 15 is 0 Å². The van der Waals surface area contributed by atoms with Crippen LogP contribution in [0.2, 0.25) is 0 Å². The minimum atomic E-state index is -0.869. The van der Waals surface area contributed by atoms with Gasteiger partial charge in [-0.1, -0.05) is 6.07 Å². The number of anilines is 1. The molecule has 0 aliphatic rings. The number of hydrogen-bond acceptors (Lipinski definition) is 3. The standard InChI is InChI=1S/C13H20FNO2/c1-9(2)15(7-8-16)12-6-4-5-11(14)13(12)10(3)17/h4-6,9-10,16-17H,7-8H2,1-3H3. The molecule has 0 fully saturated rings. The summed E-state index contributed by atoms with van der Waals surface area (Å²) in [5.74, 6) is -0.416. The van der Waals surface area contributed by atoms with Gasteiger partial charge in [0.05, 0.1) is 12.7 Å². The predicted molar refractivity (Wildman–Crippen MR) is 66.6 cm³/mol. The molecule has 0 amide bonds. The molecular weight excluding hydrogens is 221 g/mol. The second kappa shape index (κ2) is 5.98. The van der Waals surface area contributed by atoms with Gasteiger partial charge in [-0.15, -0.1) is 0 Å². The Morgan fingerprint density at radius 2 is 1.94 bits per heavy atom. The van der Waals surface area contributed by atoms with E-state index in [0.29, 0.717) is 12.2 Å². The van der Waals surface area contributed by atoms with Gasteiger partial charge in [-0.05, 0) is 32.9 Å². The number of aliphatic hydroxyl groups excluding tert-OH is 2. The molecular formula is C13H20FNO2. The maximum atomic E-state index is 13.7. The fourth-order valence-electron chi connectivity index (χ4n) is 1.95. The van der Waals surface area contributed by atoms with Gasteiger partial charge in [0.15, 0.2) is 0 Å². The predicted octanol–water partition coefficient (Wildman–Crippen LogP) is 2.09. The van der Waals surface area contributed by atoms with Crippen LogP contribution in [0, 0.1) is 5.82 Å². The van der Waals surface area contributed by atoms with Crippen LogP contribution >= 0.6 is 0 Å². The number of aliphatic hydroxyl groups is 2. The molecule has 1 rings (SSSR count). The van der Waals surface area contributed by atoms with Gasteiger partial charge in [-0.25, -0.2) is 4.39 Å². The lowest BCUT2D eigenvalue weighted by Gasteiger charge is -2.31. The first kappa shape index (κ1) is 13.9. The van der Waals surface area contributed by atoms with E-state index in [4.69, 9.17) is 5.11 Å². The smallest absolute Gasteiger partial charge is 0.131 e. The van der Waals surface area contributed by atoms with Crippen LogP contribution in [0.15, 0.2) is 18.2 Å². The maximum Gasteiger partial charge on any atom is 0.131 e.